The number of nitrogens with zero attached hydrogens (tertiary/aromatic N) is 4. The van der Waals surface area contributed by atoms with Crippen LogP contribution in [0.1, 0.15) is 32.1 Å². The van der Waals surface area contributed by atoms with Crippen molar-refractivity contribution < 1.29 is 14.4 Å². The number of amides is 4. The molecule has 3 aliphatic rings. The fourth-order valence-electron chi connectivity index (χ4n) is 4.46. The highest BCUT2D eigenvalue weighted by atomic mass is 16.2. The van der Waals surface area contributed by atoms with E-state index in [0.717, 1.165) is 51.9 Å². The zero-order valence-corrected chi connectivity index (χ0v) is 16.3. The van der Waals surface area contributed by atoms with Crippen molar-refractivity contribution in [2.45, 2.75) is 38.1 Å². The van der Waals surface area contributed by atoms with Crippen LogP contribution >= 0.6 is 0 Å². The highest BCUT2D eigenvalue weighted by molar-refractivity contribution is 6.19. The zero-order chi connectivity index (χ0) is 19.5. The molecule has 0 unspecified atom stereocenters. The third-order valence-electron chi connectivity index (χ3n) is 6.07. The Labute approximate surface area is 165 Å². The first-order valence-corrected chi connectivity index (χ1v) is 10.3. The Morgan fingerprint density at radius 1 is 0.929 bits per heavy atom. The lowest BCUT2D eigenvalue weighted by Gasteiger charge is -2.37. The molecule has 0 atom stereocenters. The van der Waals surface area contributed by atoms with Gasteiger partial charge >= 0.3 is 6.03 Å². The van der Waals surface area contributed by atoms with Crippen LogP contribution in [0.3, 0.4) is 0 Å². The smallest absolute Gasteiger partial charge is 0.332 e. The van der Waals surface area contributed by atoms with Gasteiger partial charge in [-0.25, -0.2) is 9.69 Å². The summed E-state index contributed by atoms with van der Waals surface area (Å²) < 4.78 is 0. The van der Waals surface area contributed by atoms with Gasteiger partial charge in [-0.1, -0.05) is 18.2 Å². The van der Waals surface area contributed by atoms with Gasteiger partial charge in [-0.3, -0.25) is 14.5 Å². The van der Waals surface area contributed by atoms with Crippen molar-refractivity contribution in [1.29, 1.82) is 0 Å². The van der Waals surface area contributed by atoms with Crippen molar-refractivity contribution in [3.63, 3.8) is 0 Å². The molecule has 1 aromatic rings. The molecule has 0 N–H and O–H groups in total. The van der Waals surface area contributed by atoms with Gasteiger partial charge in [0, 0.05) is 32.2 Å². The molecule has 1 aromatic carbocycles. The molecule has 4 amide bonds. The van der Waals surface area contributed by atoms with E-state index in [1.54, 1.807) is 17.0 Å². The number of carbonyl (C=O) groups is 3. The van der Waals surface area contributed by atoms with E-state index in [1.807, 2.05) is 23.1 Å². The number of rotatable bonds is 4. The summed E-state index contributed by atoms with van der Waals surface area (Å²) >= 11 is 0. The topological polar surface area (TPSA) is 64.2 Å². The predicted octanol–water partition coefficient (Wildman–Crippen LogP) is 1.93. The molecule has 0 aliphatic carbocycles. The summed E-state index contributed by atoms with van der Waals surface area (Å²) in [4.78, 5) is 44.9. The van der Waals surface area contributed by atoms with Gasteiger partial charge in [0.2, 0.25) is 5.91 Å². The van der Waals surface area contributed by atoms with Crippen LogP contribution in [0.5, 0.6) is 0 Å². The molecule has 0 aromatic heterocycles. The maximum absolute atomic E-state index is 12.8. The number of urea groups is 1. The van der Waals surface area contributed by atoms with Gasteiger partial charge in [0.05, 0.1) is 12.2 Å². The van der Waals surface area contributed by atoms with Crippen LogP contribution in [-0.2, 0) is 9.59 Å². The Morgan fingerprint density at radius 2 is 1.61 bits per heavy atom. The lowest BCUT2D eigenvalue weighted by Crippen LogP contribution is -2.49. The van der Waals surface area contributed by atoms with Crippen LogP contribution < -0.4 is 4.90 Å². The number of hydrogen-bond acceptors (Lipinski definition) is 4. The first-order valence-electron chi connectivity index (χ1n) is 10.3. The zero-order valence-electron chi connectivity index (χ0n) is 16.3. The second-order valence-electron chi connectivity index (χ2n) is 7.92. The second kappa shape index (κ2) is 8.31. The molecule has 4 rings (SSSR count). The maximum Gasteiger partial charge on any atom is 0.332 e. The van der Waals surface area contributed by atoms with Crippen LogP contribution in [0.4, 0.5) is 10.5 Å². The van der Waals surface area contributed by atoms with Crippen LogP contribution in [0.25, 0.3) is 0 Å². The van der Waals surface area contributed by atoms with E-state index in [2.05, 4.69) is 4.90 Å². The van der Waals surface area contributed by atoms with Gasteiger partial charge in [-0.05, 0) is 44.2 Å². The van der Waals surface area contributed by atoms with E-state index >= 15 is 0 Å². The number of anilines is 1. The van der Waals surface area contributed by atoms with Gasteiger partial charge in [0.1, 0.15) is 6.54 Å². The van der Waals surface area contributed by atoms with E-state index < -0.39 is 0 Å². The first kappa shape index (κ1) is 18.9. The highest BCUT2D eigenvalue weighted by Crippen LogP contribution is 2.26. The minimum absolute atomic E-state index is 0.0616. The molecule has 7 nitrogen and oxygen atoms in total. The second-order valence-corrected chi connectivity index (χ2v) is 7.92. The van der Waals surface area contributed by atoms with Gasteiger partial charge in [-0.15, -0.1) is 0 Å². The molecule has 28 heavy (non-hydrogen) atoms. The van der Waals surface area contributed by atoms with Crippen molar-refractivity contribution in [3.8, 4) is 0 Å². The Kier molecular flexibility index (Phi) is 5.62. The number of benzene rings is 1. The fraction of sp³-hybridized carbons (Fsp3) is 0.571. The Hall–Kier alpha value is -2.41. The summed E-state index contributed by atoms with van der Waals surface area (Å²) in [6, 6.07) is 8.94. The number of piperidine rings is 2. The molecule has 3 heterocycles. The Balaban J connectivity index is 1.31. The van der Waals surface area contributed by atoms with Crippen molar-refractivity contribution in [1.82, 2.24) is 14.7 Å². The minimum atomic E-state index is -0.223. The summed E-state index contributed by atoms with van der Waals surface area (Å²) in [6.45, 7) is 3.95. The van der Waals surface area contributed by atoms with Gasteiger partial charge in [-0.2, -0.15) is 0 Å². The van der Waals surface area contributed by atoms with Crippen LogP contribution in [0.15, 0.2) is 30.3 Å². The van der Waals surface area contributed by atoms with Crippen molar-refractivity contribution in [3.05, 3.63) is 30.3 Å². The number of para-hydroxylation sites is 1. The number of likely N-dealkylation sites (tertiary alicyclic amines) is 2. The van der Waals surface area contributed by atoms with E-state index in [1.165, 1.54) is 11.3 Å². The monoisotopic (exact) mass is 384 g/mol. The average molecular weight is 384 g/mol. The molecule has 150 valence electrons. The summed E-state index contributed by atoms with van der Waals surface area (Å²) in [5.74, 6) is 0.0553. The molecule has 0 saturated carbocycles. The lowest BCUT2D eigenvalue weighted by atomic mass is 10.0. The first-order chi connectivity index (χ1) is 13.6. The van der Waals surface area contributed by atoms with E-state index in [-0.39, 0.29) is 30.4 Å². The van der Waals surface area contributed by atoms with Crippen LogP contribution in [-0.4, -0.2) is 77.9 Å². The molecule has 3 aliphatic heterocycles. The molecule has 0 bridgehead atoms. The van der Waals surface area contributed by atoms with E-state index in [4.69, 9.17) is 0 Å². The van der Waals surface area contributed by atoms with Crippen molar-refractivity contribution >= 4 is 23.5 Å². The van der Waals surface area contributed by atoms with E-state index in [9.17, 15) is 14.4 Å². The fourth-order valence-corrected chi connectivity index (χ4v) is 4.46. The largest absolute Gasteiger partial charge is 0.342 e. The Morgan fingerprint density at radius 3 is 2.29 bits per heavy atom. The summed E-state index contributed by atoms with van der Waals surface area (Å²) in [6.07, 6.45) is 5.04. The van der Waals surface area contributed by atoms with Crippen LogP contribution in [0.2, 0.25) is 0 Å². The van der Waals surface area contributed by atoms with Gasteiger partial charge in [0.25, 0.3) is 5.91 Å². The molecular weight excluding hydrogens is 356 g/mol. The number of hydrogen-bond donors (Lipinski definition) is 0. The molecular formula is C21H28N4O3. The third kappa shape index (κ3) is 3.90. The van der Waals surface area contributed by atoms with Crippen molar-refractivity contribution in [2.24, 2.45) is 0 Å². The standard InChI is InChI=1S/C21H28N4O3/c26-19(23-11-5-2-6-12-23)15-22-13-9-17(10-14-22)24-16-20(27)25(21(24)28)18-7-3-1-4-8-18/h1,3-4,7-8,17H,2,5-6,9-16H2. The highest BCUT2D eigenvalue weighted by Gasteiger charge is 2.41. The third-order valence-corrected chi connectivity index (χ3v) is 6.07. The molecule has 3 saturated heterocycles. The van der Waals surface area contributed by atoms with E-state index in [0.29, 0.717) is 12.2 Å². The normalized spacial score (nSPS) is 22.2. The number of carbonyl (C=O) groups excluding carboxylic acids is 3. The van der Waals surface area contributed by atoms with Gasteiger partial charge in [0.15, 0.2) is 0 Å². The molecule has 0 radical (unpaired) electrons. The maximum atomic E-state index is 12.8. The summed E-state index contributed by atoms with van der Waals surface area (Å²) in [5, 5.41) is 0. The van der Waals surface area contributed by atoms with Gasteiger partial charge < -0.3 is 9.80 Å². The summed E-state index contributed by atoms with van der Waals surface area (Å²) in [7, 11) is 0. The quantitative estimate of drug-likeness (QED) is 0.744. The summed E-state index contributed by atoms with van der Waals surface area (Å²) in [5.41, 5.74) is 0.629. The predicted molar refractivity (Wildman–Crippen MR) is 106 cm³/mol. The number of imide groups is 1. The minimum Gasteiger partial charge on any atom is -0.342 e. The molecule has 3 fully saturated rings. The lowest BCUT2D eigenvalue weighted by molar-refractivity contribution is -0.133. The average Bonchev–Trinajstić information content (AvgIpc) is 3.04. The molecule has 0 spiro atoms. The SMILES string of the molecule is O=C(CN1CCC(N2CC(=O)N(c3ccccc3)C2=O)CC1)N1CCCCC1. The van der Waals surface area contributed by atoms with Crippen molar-refractivity contribution in [2.75, 3.05) is 44.2 Å². The Bertz CT molecular complexity index is 724. The molecule has 7 heteroatoms. The van der Waals surface area contributed by atoms with Crippen LogP contribution in [0, 0.1) is 0 Å².